The molecule has 0 radical (unpaired) electrons. The molecule has 0 unspecified atom stereocenters. The highest BCUT2D eigenvalue weighted by Gasteiger charge is 2.53. The second-order valence-electron chi connectivity index (χ2n) is 3.56. The smallest absolute Gasteiger partial charge is 0.313 e. The first-order chi connectivity index (χ1) is 7.51. The molecule has 0 aliphatic heterocycles. The average Bonchev–Trinajstić information content (AvgIpc) is 2.22. The molecule has 0 N–H and O–H groups in total. The molecule has 0 heterocycles. The molecule has 3 atom stereocenters. The van der Waals surface area contributed by atoms with Crippen molar-refractivity contribution in [2.24, 2.45) is 11.8 Å². The fraction of sp³-hybridized carbons (Fsp3) is 0.700. The number of methoxy groups -OCH3 is 2. The van der Waals surface area contributed by atoms with Crippen LogP contribution in [0.2, 0.25) is 0 Å². The second-order valence-corrected chi connectivity index (χ2v) is 3.56. The lowest BCUT2D eigenvalue weighted by Gasteiger charge is -2.39. The van der Waals surface area contributed by atoms with Crippen LogP contribution >= 0.6 is 0 Å². The van der Waals surface area contributed by atoms with Crippen LogP contribution in [0.3, 0.4) is 0 Å². The van der Waals surface area contributed by atoms with Gasteiger partial charge in [-0.15, -0.1) is 0 Å². The molecule has 1 aliphatic carbocycles. The van der Waals surface area contributed by atoms with Crippen LogP contribution in [0.4, 0.5) is 0 Å². The summed E-state index contributed by atoms with van der Waals surface area (Å²) in [5.41, 5.74) is 0. The Hall–Kier alpha value is -1.59. The van der Waals surface area contributed by atoms with Crippen molar-refractivity contribution < 1.29 is 28.6 Å². The molecule has 1 aliphatic rings. The summed E-state index contributed by atoms with van der Waals surface area (Å²) in [7, 11) is 2.47. The fourth-order valence-electron chi connectivity index (χ4n) is 1.79. The lowest BCUT2D eigenvalue weighted by Crippen LogP contribution is -2.52. The maximum absolute atomic E-state index is 11.4. The number of hydrogen-bond acceptors (Lipinski definition) is 6. The number of carbonyl (C=O) groups is 3. The number of hydrogen-bond donors (Lipinski definition) is 0. The predicted molar refractivity (Wildman–Crippen MR) is 51.2 cm³/mol. The number of ether oxygens (including phenoxy) is 3. The molecule has 1 rings (SSSR count). The molecule has 1 saturated carbocycles. The van der Waals surface area contributed by atoms with E-state index in [2.05, 4.69) is 9.47 Å². The van der Waals surface area contributed by atoms with E-state index < -0.39 is 35.8 Å². The molecule has 0 bridgehead atoms. The minimum Gasteiger partial charge on any atom is -0.469 e. The third kappa shape index (κ3) is 2.32. The van der Waals surface area contributed by atoms with Crippen LogP contribution in [0.25, 0.3) is 0 Å². The van der Waals surface area contributed by atoms with E-state index in [0.717, 1.165) is 0 Å². The third-order valence-electron chi connectivity index (χ3n) is 2.61. The van der Waals surface area contributed by atoms with E-state index in [-0.39, 0.29) is 0 Å². The zero-order valence-corrected chi connectivity index (χ0v) is 9.39. The first kappa shape index (κ1) is 12.5. The Balaban J connectivity index is 2.69. The summed E-state index contributed by atoms with van der Waals surface area (Å²) in [4.78, 5) is 33.4. The van der Waals surface area contributed by atoms with Gasteiger partial charge in [-0.05, 0) is 6.42 Å². The summed E-state index contributed by atoms with van der Waals surface area (Å²) in [5, 5.41) is 0. The first-order valence-corrected chi connectivity index (χ1v) is 4.84. The van der Waals surface area contributed by atoms with Gasteiger partial charge in [0.1, 0.15) is 12.0 Å². The van der Waals surface area contributed by atoms with Crippen molar-refractivity contribution in [1.29, 1.82) is 0 Å². The van der Waals surface area contributed by atoms with Gasteiger partial charge in [0.25, 0.3) is 0 Å². The van der Waals surface area contributed by atoms with Gasteiger partial charge in [-0.25, -0.2) is 0 Å². The zero-order valence-electron chi connectivity index (χ0n) is 9.39. The second kappa shape index (κ2) is 4.96. The van der Waals surface area contributed by atoms with Crippen molar-refractivity contribution in [3.8, 4) is 0 Å². The molecule has 0 amide bonds. The molecule has 0 aromatic rings. The van der Waals surface area contributed by atoms with Crippen molar-refractivity contribution in [1.82, 2.24) is 0 Å². The number of carbonyl (C=O) groups excluding carboxylic acids is 3. The lowest BCUT2D eigenvalue weighted by atomic mass is 9.70. The summed E-state index contributed by atoms with van der Waals surface area (Å²) in [5.74, 6) is -2.86. The van der Waals surface area contributed by atoms with Crippen LogP contribution in [0.5, 0.6) is 0 Å². The summed E-state index contributed by atoms with van der Waals surface area (Å²) in [6, 6.07) is 0. The first-order valence-electron chi connectivity index (χ1n) is 4.84. The van der Waals surface area contributed by atoms with Gasteiger partial charge in [0, 0.05) is 6.92 Å². The lowest BCUT2D eigenvalue weighted by molar-refractivity contribution is -0.186. The van der Waals surface area contributed by atoms with Gasteiger partial charge in [-0.1, -0.05) is 0 Å². The summed E-state index contributed by atoms with van der Waals surface area (Å²) < 4.78 is 14.0. The van der Waals surface area contributed by atoms with Gasteiger partial charge >= 0.3 is 17.9 Å². The van der Waals surface area contributed by atoms with Crippen LogP contribution in [-0.2, 0) is 28.6 Å². The van der Waals surface area contributed by atoms with Crippen LogP contribution < -0.4 is 0 Å². The minimum absolute atomic E-state index is 0.298. The van der Waals surface area contributed by atoms with Gasteiger partial charge in [-0.3, -0.25) is 14.4 Å². The monoisotopic (exact) mass is 230 g/mol. The van der Waals surface area contributed by atoms with E-state index in [1.807, 2.05) is 0 Å². The molecule has 0 aromatic heterocycles. The van der Waals surface area contributed by atoms with Crippen LogP contribution in [-0.4, -0.2) is 38.2 Å². The largest absolute Gasteiger partial charge is 0.469 e. The topological polar surface area (TPSA) is 78.9 Å². The fourth-order valence-corrected chi connectivity index (χ4v) is 1.79. The van der Waals surface area contributed by atoms with E-state index >= 15 is 0 Å². The summed E-state index contributed by atoms with van der Waals surface area (Å²) in [6.07, 6.45) is -0.291. The summed E-state index contributed by atoms with van der Waals surface area (Å²) >= 11 is 0. The Morgan fingerprint density at radius 2 is 1.62 bits per heavy atom. The minimum atomic E-state index is -0.749. The summed E-state index contributed by atoms with van der Waals surface area (Å²) in [6.45, 7) is 1.25. The Morgan fingerprint density at radius 3 is 2.06 bits per heavy atom. The van der Waals surface area contributed by atoms with Crippen LogP contribution in [0.15, 0.2) is 0 Å². The molecule has 90 valence electrons. The molecule has 0 spiro atoms. The standard InChI is InChI=1S/C10H14O6/c1-5(11)16-7-4-6(9(12)14-2)8(7)10(13)15-3/h6-8H,4H2,1-3H3/t6-,7+,8+/m0/s1. The molecule has 0 aromatic carbocycles. The highest BCUT2D eigenvalue weighted by atomic mass is 16.6. The maximum Gasteiger partial charge on any atom is 0.313 e. The van der Waals surface area contributed by atoms with E-state index in [1.54, 1.807) is 0 Å². The van der Waals surface area contributed by atoms with E-state index in [9.17, 15) is 14.4 Å². The quantitative estimate of drug-likeness (QED) is 0.497. The van der Waals surface area contributed by atoms with E-state index in [0.29, 0.717) is 6.42 Å². The van der Waals surface area contributed by atoms with Gasteiger partial charge in [0.05, 0.1) is 20.1 Å². The number of esters is 3. The van der Waals surface area contributed by atoms with Crippen LogP contribution in [0, 0.1) is 11.8 Å². The van der Waals surface area contributed by atoms with Crippen molar-refractivity contribution in [2.45, 2.75) is 19.4 Å². The Morgan fingerprint density at radius 1 is 1.06 bits per heavy atom. The predicted octanol–water partition coefficient (Wildman–Crippen LogP) is -0.0998. The third-order valence-corrected chi connectivity index (χ3v) is 2.61. The van der Waals surface area contributed by atoms with Crippen molar-refractivity contribution in [3.05, 3.63) is 0 Å². The molecule has 16 heavy (non-hydrogen) atoms. The Labute approximate surface area is 92.8 Å². The molecular weight excluding hydrogens is 216 g/mol. The molecule has 6 heteroatoms. The highest BCUT2D eigenvalue weighted by Crippen LogP contribution is 2.38. The highest BCUT2D eigenvalue weighted by molar-refractivity contribution is 5.85. The average molecular weight is 230 g/mol. The van der Waals surface area contributed by atoms with Crippen LogP contribution in [0.1, 0.15) is 13.3 Å². The maximum atomic E-state index is 11.4. The van der Waals surface area contributed by atoms with Crippen molar-refractivity contribution >= 4 is 17.9 Å². The van der Waals surface area contributed by atoms with Gasteiger partial charge in [0.15, 0.2) is 0 Å². The zero-order chi connectivity index (χ0) is 12.3. The van der Waals surface area contributed by atoms with Gasteiger partial charge in [-0.2, -0.15) is 0 Å². The van der Waals surface area contributed by atoms with E-state index in [1.165, 1.54) is 21.1 Å². The normalized spacial score (nSPS) is 27.6. The van der Waals surface area contributed by atoms with E-state index in [4.69, 9.17) is 4.74 Å². The Bertz CT molecular complexity index is 310. The van der Waals surface area contributed by atoms with Crippen molar-refractivity contribution in [3.63, 3.8) is 0 Å². The van der Waals surface area contributed by atoms with Gasteiger partial charge in [0.2, 0.25) is 0 Å². The molecule has 6 nitrogen and oxygen atoms in total. The number of rotatable bonds is 3. The van der Waals surface area contributed by atoms with Gasteiger partial charge < -0.3 is 14.2 Å². The molecule has 0 saturated heterocycles. The molecular formula is C10H14O6. The molecule has 1 fully saturated rings. The van der Waals surface area contributed by atoms with Crippen molar-refractivity contribution in [2.75, 3.05) is 14.2 Å². The SMILES string of the molecule is COC(=O)[C@@H]1[C@@H](C(=O)OC)C[C@H]1OC(C)=O. The Kier molecular flexibility index (Phi) is 3.87.